The Morgan fingerprint density at radius 3 is 2.76 bits per heavy atom. The van der Waals surface area contributed by atoms with Crippen molar-refractivity contribution in [3.05, 3.63) is 29.2 Å². The van der Waals surface area contributed by atoms with Crippen molar-refractivity contribution in [2.24, 2.45) is 0 Å². The van der Waals surface area contributed by atoms with Gasteiger partial charge in [-0.25, -0.2) is 19.7 Å². The summed E-state index contributed by atoms with van der Waals surface area (Å²) in [6, 6.07) is 0. The molecule has 0 bridgehead atoms. The summed E-state index contributed by atoms with van der Waals surface area (Å²) in [5.74, 6) is -0.487. The average Bonchev–Trinajstić information content (AvgIpc) is 2.75. The number of hydrogen-bond donors (Lipinski definition) is 0. The summed E-state index contributed by atoms with van der Waals surface area (Å²) in [5.41, 5.74) is 1.18. The van der Waals surface area contributed by atoms with Crippen molar-refractivity contribution in [2.75, 3.05) is 7.11 Å². The molecule has 0 saturated carbocycles. The molecule has 2 rings (SSSR count). The van der Waals surface area contributed by atoms with Crippen molar-refractivity contribution in [3.63, 3.8) is 0 Å². The zero-order valence-corrected chi connectivity index (χ0v) is 10.8. The first-order valence-electron chi connectivity index (χ1n) is 4.69. The Morgan fingerprint density at radius 2 is 2.24 bits per heavy atom. The van der Waals surface area contributed by atoms with Gasteiger partial charge >= 0.3 is 5.97 Å². The van der Waals surface area contributed by atoms with Gasteiger partial charge in [-0.2, -0.15) is 0 Å². The van der Waals surface area contributed by atoms with E-state index in [-0.39, 0.29) is 5.69 Å². The molecule has 0 N–H and O–H groups in total. The maximum absolute atomic E-state index is 11.1. The second-order valence-corrected chi connectivity index (χ2v) is 5.21. The lowest BCUT2D eigenvalue weighted by atomic mass is 10.5. The Labute approximate surface area is 106 Å². The van der Waals surface area contributed by atoms with Crippen molar-refractivity contribution in [1.29, 1.82) is 0 Å². The number of esters is 1. The summed E-state index contributed by atoms with van der Waals surface area (Å²) in [6.07, 6.45) is 2.93. The van der Waals surface area contributed by atoms with Crippen LogP contribution < -0.4 is 0 Å². The van der Waals surface area contributed by atoms with Gasteiger partial charge in [-0.1, -0.05) is 0 Å². The minimum Gasteiger partial charge on any atom is -0.464 e. The van der Waals surface area contributed by atoms with Crippen LogP contribution in [0.3, 0.4) is 0 Å². The first kappa shape index (κ1) is 12.0. The molecule has 2 aromatic heterocycles. The molecular formula is C10H9N3O2S2. The lowest BCUT2D eigenvalue weighted by molar-refractivity contribution is 0.0593. The molecule has 0 amide bonds. The highest BCUT2D eigenvalue weighted by Crippen LogP contribution is 2.28. The number of hydrogen-bond acceptors (Lipinski definition) is 7. The molecule has 0 atom stereocenters. The second kappa shape index (κ2) is 5.24. The third-order valence-electron chi connectivity index (χ3n) is 1.81. The lowest BCUT2D eigenvalue weighted by Gasteiger charge is -1.99. The maximum atomic E-state index is 11.1. The van der Waals surface area contributed by atoms with E-state index in [1.54, 1.807) is 11.3 Å². The van der Waals surface area contributed by atoms with Gasteiger partial charge in [0.15, 0.2) is 10.0 Å². The number of thiazole rings is 1. The van der Waals surface area contributed by atoms with Crippen molar-refractivity contribution in [1.82, 2.24) is 15.0 Å². The van der Waals surface area contributed by atoms with Gasteiger partial charge in [0.25, 0.3) is 0 Å². The van der Waals surface area contributed by atoms with Crippen LogP contribution in [0.4, 0.5) is 0 Å². The second-order valence-electron chi connectivity index (χ2n) is 3.09. The Hall–Kier alpha value is -1.47. The fraction of sp³-hybridized carbons (Fsp3) is 0.200. The third kappa shape index (κ3) is 3.01. The highest BCUT2D eigenvalue weighted by atomic mass is 32.2. The maximum Gasteiger partial charge on any atom is 0.358 e. The Balaban J connectivity index is 2.10. The molecule has 0 radical (unpaired) electrons. The van der Waals surface area contributed by atoms with Gasteiger partial charge in [0.2, 0.25) is 0 Å². The number of aromatic nitrogens is 3. The SMILES string of the molecule is COC(=O)c1cnc(Sc2nc(C)cs2)cn1. The van der Waals surface area contributed by atoms with Gasteiger partial charge in [-0.05, 0) is 18.7 Å². The number of nitrogens with zero attached hydrogens (tertiary/aromatic N) is 3. The van der Waals surface area contributed by atoms with Crippen LogP contribution in [0, 0.1) is 6.92 Å². The molecule has 0 aliphatic heterocycles. The van der Waals surface area contributed by atoms with Gasteiger partial charge in [0.05, 0.1) is 19.5 Å². The van der Waals surface area contributed by atoms with Gasteiger partial charge in [0, 0.05) is 11.1 Å². The molecule has 2 heterocycles. The third-order valence-corrected chi connectivity index (χ3v) is 3.79. The predicted molar refractivity (Wildman–Crippen MR) is 64.3 cm³/mol. The summed E-state index contributed by atoms with van der Waals surface area (Å²) in [4.78, 5) is 23.5. The topological polar surface area (TPSA) is 65.0 Å². The van der Waals surface area contributed by atoms with Crippen LogP contribution in [0.5, 0.6) is 0 Å². The standard InChI is InChI=1S/C10H9N3O2S2/c1-6-5-16-10(13-6)17-8-4-11-7(3-12-8)9(14)15-2/h3-5H,1-2H3. The molecule has 0 aromatic carbocycles. The van der Waals surface area contributed by atoms with Crippen LogP contribution in [0.25, 0.3) is 0 Å². The minimum atomic E-state index is -0.487. The van der Waals surface area contributed by atoms with Gasteiger partial charge in [-0.15, -0.1) is 11.3 Å². The number of rotatable bonds is 3. The molecule has 0 aliphatic rings. The van der Waals surface area contributed by atoms with Crippen LogP contribution in [-0.2, 0) is 4.74 Å². The first-order chi connectivity index (χ1) is 8.19. The number of methoxy groups -OCH3 is 1. The fourth-order valence-electron chi connectivity index (χ4n) is 1.05. The van der Waals surface area contributed by atoms with E-state index < -0.39 is 5.97 Å². The van der Waals surface area contributed by atoms with E-state index in [1.807, 2.05) is 12.3 Å². The highest BCUT2D eigenvalue weighted by Gasteiger charge is 2.08. The van der Waals surface area contributed by atoms with E-state index in [1.165, 1.54) is 31.3 Å². The van der Waals surface area contributed by atoms with Crippen LogP contribution >= 0.6 is 23.1 Å². The molecule has 88 valence electrons. The summed E-state index contributed by atoms with van der Waals surface area (Å²) in [5, 5.41) is 2.67. The van der Waals surface area contributed by atoms with E-state index in [9.17, 15) is 4.79 Å². The number of ether oxygens (including phenoxy) is 1. The number of carbonyl (C=O) groups excluding carboxylic acids is 1. The number of carbonyl (C=O) groups is 1. The monoisotopic (exact) mass is 267 g/mol. The molecule has 7 heteroatoms. The zero-order valence-electron chi connectivity index (χ0n) is 9.21. The zero-order chi connectivity index (χ0) is 12.3. The molecular weight excluding hydrogens is 258 g/mol. The van der Waals surface area contributed by atoms with E-state index in [2.05, 4.69) is 19.7 Å². The normalized spacial score (nSPS) is 10.2. The largest absolute Gasteiger partial charge is 0.464 e. The minimum absolute atomic E-state index is 0.201. The Kier molecular flexibility index (Phi) is 3.70. The summed E-state index contributed by atoms with van der Waals surface area (Å²) >= 11 is 2.97. The molecule has 0 spiro atoms. The van der Waals surface area contributed by atoms with Crippen LogP contribution in [-0.4, -0.2) is 28.0 Å². The molecule has 0 fully saturated rings. The summed E-state index contributed by atoms with van der Waals surface area (Å²) in [6.45, 7) is 1.94. The molecule has 17 heavy (non-hydrogen) atoms. The van der Waals surface area contributed by atoms with Crippen molar-refractivity contribution >= 4 is 29.1 Å². The molecule has 2 aromatic rings. The van der Waals surface area contributed by atoms with E-state index in [0.29, 0.717) is 5.03 Å². The first-order valence-corrected chi connectivity index (χ1v) is 6.39. The van der Waals surface area contributed by atoms with E-state index in [0.717, 1.165) is 10.0 Å². The molecule has 0 aliphatic carbocycles. The van der Waals surface area contributed by atoms with Crippen LogP contribution in [0.1, 0.15) is 16.2 Å². The van der Waals surface area contributed by atoms with Gasteiger partial charge < -0.3 is 4.74 Å². The number of aryl methyl sites for hydroxylation is 1. The lowest BCUT2D eigenvalue weighted by Crippen LogP contribution is -2.04. The van der Waals surface area contributed by atoms with Crippen molar-refractivity contribution in [2.45, 2.75) is 16.3 Å². The Morgan fingerprint density at radius 1 is 1.41 bits per heavy atom. The summed E-state index contributed by atoms with van der Waals surface area (Å²) in [7, 11) is 1.31. The average molecular weight is 267 g/mol. The van der Waals surface area contributed by atoms with Crippen LogP contribution in [0.2, 0.25) is 0 Å². The quantitative estimate of drug-likeness (QED) is 0.794. The fourth-order valence-corrected chi connectivity index (χ4v) is 2.74. The van der Waals surface area contributed by atoms with Crippen molar-refractivity contribution in [3.8, 4) is 0 Å². The van der Waals surface area contributed by atoms with Gasteiger partial charge in [0.1, 0.15) is 5.03 Å². The molecule has 5 nitrogen and oxygen atoms in total. The molecule has 0 unspecified atom stereocenters. The molecule has 0 saturated heterocycles. The highest BCUT2D eigenvalue weighted by molar-refractivity contribution is 8.00. The van der Waals surface area contributed by atoms with Crippen LogP contribution in [0.15, 0.2) is 27.1 Å². The predicted octanol–water partition coefficient (Wildman–Crippen LogP) is 2.18. The van der Waals surface area contributed by atoms with Crippen molar-refractivity contribution < 1.29 is 9.53 Å². The van der Waals surface area contributed by atoms with Gasteiger partial charge in [-0.3, -0.25) is 0 Å². The van der Waals surface area contributed by atoms with E-state index in [4.69, 9.17) is 0 Å². The Bertz CT molecular complexity index is 525. The smallest absolute Gasteiger partial charge is 0.358 e. The van der Waals surface area contributed by atoms with E-state index >= 15 is 0 Å². The summed E-state index contributed by atoms with van der Waals surface area (Å²) < 4.78 is 5.44.